The lowest BCUT2D eigenvalue weighted by atomic mass is 10.0. The van der Waals surface area contributed by atoms with Crippen LogP contribution >= 0.6 is 11.6 Å². The second-order valence-corrected chi connectivity index (χ2v) is 4.59. The van der Waals surface area contributed by atoms with E-state index in [9.17, 15) is 4.39 Å². The largest absolute Gasteiger partial charge is 0.313 e. The Bertz CT molecular complexity index is 414. The number of hydrogen-bond acceptors (Lipinski definition) is 1. The lowest BCUT2D eigenvalue weighted by Gasteiger charge is -2.17. The van der Waals surface area contributed by atoms with Crippen molar-refractivity contribution in [1.29, 1.82) is 0 Å². The monoisotopic (exact) mass is 267 g/mol. The number of rotatable bonds is 6. The first-order valence-corrected chi connectivity index (χ1v) is 6.62. The molecule has 0 saturated heterocycles. The molecule has 0 spiro atoms. The van der Waals surface area contributed by atoms with Crippen LogP contribution in [0.15, 0.2) is 18.2 Å². The standard InChI is InChI=1S/C15H19ClFN/c1-3-5-7-12(18-10-4-2)11-13-14(16)8-6-9-15(13)17/h6,8-9,12,18H,4,7,10-11H2,1-2H3. The maximum atomic E-state index is 13.7. The Labute approximate surface area is 114 Å². The fraction of sp³-hybridized carbons (Fsp3) is 0.467. The van der Waals surface area contributed by atoms with Crippen molar-refractivity contribution >= 4 is 11.6 Å². The summed E-state index contributed by atoms with van der Waals surface area (Å²) in [7, 11) is 0. The molecule has 0 radical (unpaired) electrons. The normalized spacial score (nSPS) is 11.8. The highest BCUT2D eigenvalue weighted by molar-refractivity contribution is 6.31. The average Bonchev–Trinajstić information content (AvgIpc) is 2.36. The lowest BCUT2D eigenvalue weighted by molar-refractivity contribution is 0.503. The van der Waals surface area contributed by atoms with E-state index in [0.29, 0.717) is 23.4 Å². The quantitative estimate of drug-likeness (QED) is 0.773. The fourth-order valence-electron chi connectivity index (χ4n) is 1.76. The van der Waals surface area contributed by atoms with Gasteiger partial charge in [0.2, 0.25) is 0 Å². The summed E-state index contributed by atoms with van der Waals surface area (Å²) in [6.07, 6.45) is 2.32. The summed E-state index contributed by atoms with van der Waals surface area (Å²) in [5.74, 6) is 5.67. The Morgan fingerprint density at radius 1 is 1.44 bits per heavy atom. The van der Waals surface area contributed by atoms with Crippen molar-refractivity contribution in [1.82, 2.24) is 5.32 Å². The second-order valence-electron chi connectivity index (χ2n) is 4.19. The molecule has 1 rings (SSSR count). The topological polar surface area (TPSA) is 12.0 Å². The highest BCUT2D eigenvalue weighted by Gasteiger charge is 2.13. The van der Waals surface area contributed by atoms with Crippen LogP contribution in [0.2, 0.25) is 5.02 Å². The molecule has 1 aromatic carbocycles. The molecule has 0 fully saturated rings. The van der Waals surface area contributed by atoms with Gasteiger partial charge in [0.15, 0.2) is 0 Å². The molecule has 0 aliphatic heterocycles. The molecule has 1 nitrogen and oxygen atoms in total. The Morgan fingerprint density at radius 2 is 2.22 bits per heavy atom. The zero-order valence-corrected chi connectivity index (χ0v) is 11.6. The summed E-state index contributed by atoms with van der Waals surface area (Å²) in [6.45, 7) is 4.82. The van der Waals surface area contributed by atoms with E-state index in [1.165, 1.54) is 6.07 Å². The van der Waals surface area contributed by atoms with Crippen LogP contribution in [-0.2, 0) is 6.42 Å². The van der Waals surface area contributed by atoms with Crippen molar-refractivity contribution in [3.63, 3.8) is 0 Å². The van der Waals surface area contributed by atoms with Crippen molar-refractivity contribution in [3.05, 3.63) is 34.6 Å². The molecule has 0 aromatic heterocycles. The fourth-order valence-corrected chi connectivity index (χ4v) is 2.00. The van der Waals surface area contributed by atoms with Gasteiger partial charge < -0.3 is 5.32 Å². The summed E-state index contributed by atoms with van der Waals surface area (Å²) < 4.78 is 13.7. The van der Waals surface area contributed by atoms with Crippen molar-refractivity contribution in [3.8, 4) is 11.8 Å². The van der Waals surface area contributed by atoms with Crippen LogP contribution < -0.4 is 5.32 Å². The zero-order chi connectivity index (χ0) is 13.4. The highest BCUT2D eigenvalue weighted by atomic mass is 35.5. The lowest BCUT2D eigenvalue weighted by Crippen LogP contribution is -2.31. The van der Waals surface area contributed by atoms with Gasteiger partial charge in [-0.1, -0.05) is 24.6 Å². The first kappa shape index (κ1) is 15.0. The third-order valence-corrected chi connectivity index (χ3v) is 3.07. The SMILES string of the molecule is CC#CCC(Cc1c(F)cccc1Cl)NCCC. The third kappa shape index (κ3) is 4.68. The number of nitrogens with one attached hydrogen (secondary N) is 1. The molecule has 1 N–H and O–H groups in total. The maximum absolute atomic E-state index is 13.7. The molecule has 0 saturated carbocycles. The second kappa shape index (κ2) is 8.13. The van der Waals surface area contributed by atoms with E-state index in [2.05, 4.69) is 24.1 Å². The predicted octanol–water partition coefficient (Wildman–Crippen LogP) is 3.80. The van der Waals surface area contributed by atoms with E-state index in [0.717, 1.165) is 13.0 Å². The molecular weight excluding hydrogens is 249 g/mol. The van der Waals surface area contributed by atoms with Gasteiger partial charge in [-0.15, -0.1) is 11.8 Å². The summed E-state index contributed by atoms with van der Waals surface area (Å²) >= 11 is 6.04. The van der Waals surface area contributed by atoms with E-state index >= 15 is 0 Å². The Kier molecular flexibility index (Phi) is 6.78. The summed E-state index contributed by atoms with van der Waals surface area (Å²) in [5.41, 5.74) is 0.575. The van der Waals surface area contributed by atoms with Crippen LogP contribution in [0, 0.1) is 17.7 Å². The van der Waals surface area contributed by atoms with Gasteiger partial charge in [0.05, 0.1) is 0 Å². The zero-order valence-electron chi connectivity index (χ0n) is 10.9. The first-order valence-electron chi connectivity index (χ1n) is 6.24. The van der Waals surface area contributed by atoms with E-state index in [1.54, 1.807) is 12.1 Å². The molecular formula is C15H19ClFN. The van der Waals surface area contributed by atoms with E-state index in [4.69, 9.17) is 11.6 Å². The minimum Gasteiger partial charge on any atom is -0.313 e. The van der Waals surface area contributed by atoms with Crippen molar-refractivity contribution in [2.45, 2.75) is 39.2 Å². The van der Waals surface area contributed by atoms with Crippen LogP contribution in [0.1, 0.15) is 32.3 Å². The van der Waals surface area contributed by atoms with Crippen LogP contribution in [0.3, 0.4) is 0 Å². The Hall–Kier alpha value is -1.04. The molecule has 0 heterocycles. The van der Waals surface area contributed by atoms with Gasteiger partial charge in [-0.3, -0.25) is 0 Å². The van der Waals surface area contributed by atoms with Crippen LogP contribution in [0.5, 0.6) is 0 Å². The molecule has 18 heavy (non-hydrogen) atoms. The molecule has 0 aliphatic carbocycles. The van der Waals surface area contributed by atoms with Gasteiger partial charge in [0, 0.05) is 23.0 Å². The van der Waals surface area contributed by atoms with Gasteiger partial charge in [0.1, 0.15) is 5.82 Å². The minimum atomic E-state index is -0.241. The number of hydrogen-bond donors (Lipinski definition) is 1. The van der Waals surface area contributed by atoms with Gasteiger partial charge in [-0.25, -0.2) is 4.39 Å². The van der Waals surface area contributed by atoms with Gasteiger partial charge in [0.25, 0.3) is 0 Å². The van der Waals surface area contributed by atoms with Gasteiger partial charge in [-0.2, -0.15) is 0 Å². The smallest absolute Gasteiger partial charge is 0.127 e. The summed E-state index contributed by atoms with van der Waals surface area (Å²) in [5, 5.41) is 3.87. The molecule has 1 aromatic rings. The molecule has 0 bridgehead atoms. The Morgan fingerprint density at radius 3 is 2.83 bits per heavy atom. The van der Waals surface area contributed by atoms with Crippen molar-refractivity contribution in [2.75, 3.05) is 6.54 Å². The van der Waals surface area contributed by atoms with Crippen LogP contribution in [-0.4, -0.2) is 12.6 Å². The van der Waals surface area contributed by atoms with Crippen LogP contribution in [0.4, 0.5) is 4.39 Å². The third-order valence-electron chi connectivity index (χ3n) is 2.72. The molecule has 3 heteroatoms. The Balaban J connectivity index is 2.76. The molecule has 1 atom stereocenters. The van der Waals surface area contributed by atoms with E-state index in [1.807, 2.05) is 6.92 Å². The van der Waals surface area contributed by atoms with Crippen molar-refractivity contribution in [2.24, 2.45) is 0 Å². The minimum absolute atomic E-state index is 0.145. The van der Waals surface area contributed by atoms with Crippen molar-refractivity contribution < 1.29 is 4.39 Å². The van der Waals surface area contributed by atoms with Gasteiger partial charge in [-0.05, 0) is 38.4 Å². The van der Waals surface area contributed by atoms with Crippen LogP contribution in [0.25, 0.3) is 0 Å². The predicted molar refractivity (Wildman–Crippen MR) is 75.3 cm³/mol. The molecule has 0 amide bonds. The molecule has 98 valence electrons. The molecule has 1 unspecified atom stereocenters. The molecule has 0 aliphatic rings. The average molecular weight is 268 g/mol. The number of benzene rings is 1. The first-order chi connectivity index (χ1) is 8.69. The summed E-state index contributed by atoms with van der Waals surface area (Å²) in [4.78, 5) is 0. The maximum Gasteiger partial charge on any atom is 0.127 e. The van der Waals surface area contributed by atoms with E-state index in [-0.39, 0.29) is 11.9 Å². The number of halogens is 2. The van der Waals surface area contributed by atoms with E-state index < -0.39 is 0 Å². The highest BCUT2D eigenvalue weighted by Crippen LogP contribution is 2.21. The summed E-state index contributed by atoms with van der Waals surface area (Å²) in [6, 6.07) is 4.94. The van der Waals surface area contributed by atoms with Gasteiger partial charge >= 0.3 is 0 Å².